The van der Waals surface area contributed by atoms with Gasteiger partial charge in [-0.15, -0.1) is 0 Å². The Bertz CT molecular complexity index is 489. The Balaban J connectivity index is 1.86. The third-order valence-corrected chi connectivity index (χ3v) is 3.18. The minimum Gasteiger partial charge on any atom is -0.511 e. The largest absolute Gasteiger partial charge is 0.511 e. The van der Waals surface area contributed by atoms with Gasteiger partial charge in [-0.25, -0.2) is 0 Å². The molecule has 0 aliphatic heterocycles. The van der Waals surface area contributed by atoms with Crippen LogP contribution >= 0.6 is 0 Å². The van der Waals surface area contributed by atoms with E-state index in [0.29, 0.717) is 18.1 Å². The molecule has 100 valence electrons. The average molecular weight is 256 g/mol. The molecule has 3 nitrogen and oxygen atoms in total. The van der Waals surface area contributed by atoms with Crippen molar-refractivity contribution in [3.63, 3.8) is 0 Å². The van der Waals surface area contributed by atoms with Gasteiger partial charge in [0.25, 0.3) is 0 Å². The summed E-state index contributed by atoms with van der Waals surface area (Å²) in [5, 5.41) is 12.4. The van der Waals surface area contributed by atoms with Crippen LogP contribution in [-0.4, -0.2) is 16.6 Å². The van der Waals surface area contributed by atoms with E-state index in [1.54, 1.807) is 6.20 Å². The zero-order valence-electron chi connectivity index (χ0n) is 11.2. The molecule has 0 fully saturated rings. The van der Waals surface area contributed by atoms with Crippen molar-refractivity contribution in [2.24, 2.45) is 0 Å². The van der Waals surface area contributed by atoms with Crippen LogP contribution in [0.5, 0.6) is 0 Å². The average Bonchev–Trinajstić information content (AvgIpc) is 2.48. The molecule has 1 atom stereocenters. The molecular formula is C16H20N2O. The fourth-order valence-corrected chi connectivity index (χ4v) is 2.00. The highest BCUT2D eigenvalue weighted by Gasteiger charge is 2.11. The predicted molar refractivity (Wildman–Crippen MR) is 77.8 cm³/mol. The molecule has 3 heteroatoms. The van der Waals surface area contributed by atoms with Gasteiger partial charge in [0, 0.05) is 37.0 Å². The maximum absolute atomic E-state index is 9.33. The SMILES string of the molecule is CC/C(O)=C/NCC1=CCC(c2ccccn2)C=C1. The third kappa shape index (κ3) is 3.98. The van der Waals surface area contributed by atoms with Crippen molar-refractivity contribution >= 4 is 0 Å². The Morgan fingerprint density at radius 2 is 2.42 bits per heavy atom. The third-order valence-electron chi connectivity index (χ3n) is 3.18. The lowest BCUT2D eigenvalue weighted by molar-refractivity contribution is 0.390. The molecule has 1 aliphatic rings. The van der Waals surface area contributed by atoms with E-state index in [1.165, 1.54) is 5.57 Å². The van der Waals surface area contributed by atoms with E-state index in [1.807, 2.05) is 25.3 Å². The summed E-state index contributed by atoms with van der Waals surface area (Å²) in [6.45, 7) is 2.67. The fourth-order valence-electron chi connectivity index (χ4n) is 2.00. The van der Waals surface area contributed by atoms with E-state index >= 15 is 0 Å². The lowest BCUT2D eigenvalue weighted by Crippen LogP contribution is -2.12. The minimum absolute atomic E-state index is 0.379. The second kappa shape index (κ2) is 6.78. The second-order valence-corrected chi connectivity index (χ2v) is 4.61. The monoisotopic (exact) mass is 256 g/mol. The summed E-state index contributed by atoms with van der Waals surface area (Å²) in [7, 11) is 0. The molecule has 0 saturated heterocycles. The molecule has 1 heterocycles. The number of hydrogen-bond acceptors (Lipinski definition) is 3. The smallest absolute Gasteiger partial charge is 0.108 e. The normalized spacial score (nSPS) is 19.1. The van der Waals surface area contributed by atoms with Crippen LogP contribution in [0.3, 0.4) is 0 Å². The van der Waals surface area contributed by atoms with Gasteiger partial charge in [-0.3, -0.25) is 4.98 Å². The number of hydrogen-bond donors (Lipinski definition) is 2. The van der Waals surface area contributed by atoms with Crippen LogP contribution in [0.1, 0.15) is 31.4 Å². The first-order chi connectivity index (χ1) is 9.29. The van der Waals surface area contributed by atoms with E-state index in [9.17, 15) is 5.11 Å². The standard InChI is InChI=1S/C16H20N2O/c1-2-15(19)12-17-11-13-6-8-14(9-7-13)16-5-3-4-10-18-16/h3-8,10,12,14,17,19H,2,9,11H2,1H3/b15-12-. The molecule has 2 rings (SSSR count). The van der Waals surface area contributed by atoms with Crippen molar-refractivity contribution in [3.05, 3.63) is 65.9 Å². The summed E-state index contributed by atoms with van der Waals surface area (Å²) in [6, 6.07) is 6.02. The van der Waals surface area contributed by atoms with Crippen LogP contribution in [0.4, 0.5) is 0 Å². The van der Waals surface area contributed by atoms with Gasteiger partial charge >= 0.3 is 0 Å². The van der Waals surface area contributed by atoms with Gasteiger partial charge in [0.15, 0.2) is 0 Å². The Morgan fingerprint density at radius 1 is 1.53 bits per heavy atom. The molecule has 1 aromatic heterocycles. The van der Waals surface area contributed by atoms with Gasteiger partial charge in [-0.05, 0) is 24.1 Å². The maximum atomic E-state index is 9.33. The Kier molecular flexibility index (Phi) is 4.78. The number of nitrogens with zero attached hydrogens (tertiary/aromatic N) is 1. The van der Waals surface area contributed by atoms with Crippen LogP contribution in [-0.2, 0) is 0 Å². The van der Waals surface area contributed by atoms with Crippen LogP contribution < -0.4 is 5.32 Å². The van der Waals surface area contributed by atoms with Gasteiger partial charge in [0.2, 0.25) is 0 Å². The van der Waals surface area contributed by atoms with E-state index in [4.69, 9.17) is 0 Å². The van der Waals surface area contributed by atoms with E-state index in [0.717, 1.165) is 18.7 Å². The summed E-state index contributed by atoms with van der Waals surface area (Å²) in [5.41, 5.74) is 2.36. The van der Waals surface area contributed by atoms with Gasteiger partial charge < -0.3 is 10.4 Å². The van der Waals surface area contributed by atoms with Gasteiger partial charge in [0.05, 0.1) is 0 Å². The lowest BCUT2D eigenvalue weighted by atomic mass is 9.93. The van der Waals surface area contributed by atoms with Crippen molar-refractivity contribution in [3.8, 4) is 0 Å². The highest BCUT2D eigenvalue weighted by molar-refractivity contribution is 5.30. The predicted octanol–water partition coefficient (Wildman–Crippen LogP) is 3.45. The van der Waals surface area contributed by atoms with Crippen molar-refractivity contribution in [1.29, 1.82) is 0 Å². The van der Waals surface area contributed by atoms with Gasteiger partial charge in [-0.1, -0.05) is 31.2 Å². The number of nitrogens with one attached hydrogen (secondary N) is 1. The summed E-state index contributed by atoms with van der Waals surface area (Å²) in [4.78, 5) is 4.39. The molecule has 0 saturated carbocycles. The van der Waals surface area contributed by atoms with Gasteiger partial charge in [-0.2, -0.15) is 0 Å². The Hall–Kier alpha value is -2.03. The number of allylic oxidation sites excluding steroid dienone is 3. The van der Waals surface area contributed by atoms with E-state index in [-0.39, 0.29) is 0 Å². The number of aliphatic hydroxyl groups is 1. The number of aliphatic hydroxyl groups excluding tert-OH is 1. The van der Waals surface area contributed by atoms with Crippen molar-refractivity contribution in [1.82, 2.24) is 10.3 Å². The van der Waals surface area contributed by atoms with Crippen LogP contribution in [0.15, 0.2) is 60.2 Å². The Morgan fingerprint density at radius 3 is 3.05 bits per heavy atom. The zero-order valence-corrected chi connectivity index (χ0v) is 11.2. The molecule has 0 aromatic carbocycles. The summed E-state index contributed by atoms with van der Waals surface area (Å²) in [6.07, 6.45) is 11.7. The summed E-state index contributed by atoms with van der Waals surface area (Å²) < 4.78 is 0. The number of pyridine rings is 1. The van der Waals surface area contributed by atoms with Crippen LogP contribution in [0, 0.1) is 0 Å². The zero-order chi connectivity index (χ0) is 13.5. The highest BCUT2D eigenvalue weighted by atomic mass is 16.3. The molecule has 1 aliphatic carbocycles. The van der Waals surface area contributed by atoms with Crippen LogP contribution in [0.2, 0.25) is 0 Å². The van der Waals surface area contributed by atoms with E-state index in [2.05, 4.69) is 34.6 Å². The highest BCUT2D eigenvalue weighted by Crippen LogP contribution is 2.24. The molecular weight excluding hydrogens is 236 g/mol. The van der Waals surface area contributed by atoms with Gasteiger partial charge in [0.1, 0.15) is 5.76 Å². The van der Waals surface area contributed by atoms with Crippen molar-refractivity contribution in [2.75, 3.05) is 6.54 Å². The first-order valence-corrected chi connectivity index (χ1v) is 6.69. The first kappa shape index (κ1) is 13.4. The molecule has 0 radical (unpaired) electrons. The molecule has 19 heavy (non-hydrogen) atoms. The maximum Gasteiger partial charge on any atom is 0.108 e. The number of aromatic nitrogens is 1. The first-order valence-electron chi connectivity index (χ1n) is 6.69. The number of rotatable bonds is 5. The molecule has 0 spiro atoms. The Labute approximate surface area is 114 Å². The summed E-state index contributed by atoms with van der Waals surface area (Å²) in [5.74, 6) is 0.760. The quantitative estimate of drug-likeness (QED) is 0.793. The fraction of sp³-hybridized carbons (Fsp3) is 0.312. The van der Waals surface area contributed by atoms with Crippen molar-refractivity contribution < 1.29 is 5.11 Å². The molecule has 0 bridgehead atoms. The minimum atomic E-state index is 0.379. The van der Waals surface area contributed by atoms with Crippen LogP contribution in [0.25, 0.3) is 0 Å². The molecule has 1 aromatic rings. The van der Waals surface area contributed by atoms with E-state index < -0.39 is 0 Å². The lowest BCUT2D eigenvalue weighted by Gasteiger charge is -2.15. The second-order valence-electron chi connectivity index (χ2n) is 4.61. The molecule has 0 amide bonds. The van der Waals surface area contributed by atoms with Crippen molar-refractivity contribution in [2.45, 2.75) is 25.7 Å². The topological polar surface area (TPSA) is 45.1 Å². The molecule has 1 unspecified atom stereocenters. The molecule has 2 N–H and O–H groups in total. The summed E-state index contributed by atoms with van der Waals surface area (Å²) >= 11 is 0.